The average Bonchev–Trinajstić information content (AvgIpc) is 2.65. The summed E-state index contributed by atoms with van der Waals surface area (Å²) in [4.78, 5) is 24.7. The van der Waals surface area contributed by atoms with E-state index in [2.05, 4.69) is 16.0 Å². The van der Waals surface area contributed by atoms with E-state index in [-0.39, 0.29) is 5.91 Å². The zero-order valence-electron chi connectivity index (χ0n) is 14.0. The van der Waals surface area contributed by atoms with Crippen LogP contribution >= 0.6 is 23.2 Å². The van der Waals surface area contributed by atoms with Crippen molar-refractivity contribution >= 4 is 52.2 Å². The maximum absolute atomic E-state index is 12.5. The van der Waals surface area contributed by atoms with Crippen LogP contribution < -0.4 is 16.0 Å². The number of amides is 3. The molecule has 3 aromatic rings. The summed E-state index contributed by atoms with van der Waals surface area (Å²) in [5.41, 5.74) is 1.70. The van der Waals surface area contributed by atoms with E-state index in [0.29, 0.717) is 32.7 Å². The third kappa shape index (κ3) is 4.78. The molecule has 0 unspecified atom stereocenters. The van der Waals surface area contributed by atoms with E-state index in [1.165, 1.54) is 0 Å². The normalized spacial score (nSPS) is 10.1. The second-order valence-corrected chi connectivity index (χ2v) is 6.35. The maximum Gasteiger partial charge on any atom is 0.323 e. The number of anilines is 3. The van der Waals surface area contributed by atoms with Gasteiger partial charge in [0.2, 0.25) is 0 Å². The van der Waals surface area contributed by atoms with Gasteiger partial charge in [0.1, 0.15) is 0 Å². The standard InChI is InChI=1S/C20H15Cl2N3O2/c21-14-8-2-1-7-13(14)19(26)23-17-11-5-6-12-18(17)25-20(27)24-16-10-4-3-9-15(16)22/h1-12H,(H,23,26)(H2,24,25,27). The van der Waals surface area contributed by atoms with Gasteiger partial charge in [0.05, 0.1) is 32.7 Å². The Bertz CT molecular complexity index is 992. The van der Waals surface area contributed by atoms with Crippen LogP contribution in [0, 0.1) is 0 Å². The van der Waals surface area contributed by atoms with E-state index in [0.717, 1.165) is 0 Å². The van der Waals surface area contributed by atoms with Crippen LogP contribution in [0.1, 0.15) is 10.4 Å². The molecule has 3 aromatic carbocycles. The highest BCUT2D eigenvalue weighted by Crippen LogP contribution is 2.25. The van der Waals surface area contributed by atoms with E-state index in [1.54, 1.807) is 72.8 Å². The second kappa shape index (κ2) is 8.58. The molecule has 0 bridgehead atoms. The van der Waals surface area contributed by atoms with Gasteiger partial charge in [-0.15, -0.1) is 0 Å². The molecule has 0 heterocycles. The zero-order valence-corrected chi connectivity index (χ0v) is 15.5. The lowest BCUT2D eigenvalue weighted by Gasteiger charge is -2.14. The largest absolute Gasteiger partial charge is 0.323 e. The minimum absolute atomic E-state index is 0.342. The summed E-state index contributed by atoms with van der Waals surface area (Å²) in [5, 5.41) is 8.89. The van der Waals surface area contributed by atoms with Crippen molar-refractivity contribution < 1.29 is 9.59 Å². The van der Waals surface area contributed by atoms with Crippen LogP contribution in [-0.2, 0) is 0 Å². The minimum atomic E-state index is -0.484. The Labute approximate surface area is 166 Å². The quantitative estimate of drug-likeness (QED) is 0.511. The van der Waals surface area contributed by atoms with E-state index in [4.69, 9.17) is 23.2 Å². The van der Waals surface area contributed by atoms with Crippen molar-refractivity contribution in [3.8, 4) is 0 Å². The Hall–Kier alpha value is -3.02. The first-order valence-corrected chi connectivity index (χ1v) is 8.77. The van der Waals surface area contributed by atoms with Gasteiger partial charge in [0.15, 0.2) is 0 Å². The van der Waals surface area contributed by atoms with E-state index in [1.807, 2.05) is 0 Å². The topological polar surface area (TPSA) is 70.2 Å². The van der Waals surface area contributed by atoms with Gasteiger partial charge in [-0.2, -0.15) is 0 Å². The fourth-order valence-electron chi connectivity index (χ4n) is 2.37. The van der Waals surface area contributed by atoms with Gasteiger partial charge < -0.3 is 16.0 Å². The molecular weight excluding hydrogens is 385 g/mol. The van der Waals surface area contributed by atoms with Crippen molar-refractivity contribution in [1.29, 1.82) is 0 Å². The number of carbonyl (C=O) groups is 2. The summed E-state index contributed by atoms with van der Waals surface area (Å²) in [6.07, 6.45) is 0. The van der Waals surface area contributed by atoms with E-state index < -0.39 is 6.03 Å². The number of halogens is 2. The Morgan fingerprint density at radius 2 is 1.07 bits per heavy atom. The molecule has 0 atom stereocenters. The second-order valence-electron chi connectivity index (χ2n) is 5.54. The fourth-order valence-corrected chi connectivity index (χ4v) is 2.78. The molecule has 0 radical (unpaired) electrons. The number of para-hydroxylation sites is 3. The molecule has 27 heavy (non-hydrogen) atoms. The van der Waals surface area contributed by atoms with E-state index >= 15 is 0 Å². The van der Waals surface area contributed by atoms with Crippen LogP contribution in [0.4, 0.5) is 21.9 Å². The molecule has 0 aliphatic heterocycles. The lowest BCUT2D eigenvalue weighted by Crippen LogP contribution is -2.21. The number of hydrogen-bond donors (Lipinski definition) is 3. The van der Waals surface area contributed by atoms with Gasteiger partial charge in [0.25, 0.3) is 5.91 Å². The lowest BCUT2D eigenvalue weighted by atomic mass is 10.2. The van der Waals surface area contributed by atoms with Gasteiger partial charge in [-0.1, -0.05) is 59.6 Å². The third-order valence-electron chi connectivity index (χ3n) is 3.66. The highest BCUT2D eigenvalue weighted by atomic mass is 35.5. The van der Waals surface area contributed by atoms with Crippen LogP contribution in [0.2, 0.25) is 10.0 Å². The molecule has 0 spiro atoms. The van der Waals surface area contributed by atoms with Gasteiger partial charge in [-0.05, 0) is 36.4 Å². The first kappa shape index (κ1) is 18.8. The molecule has 0 aromatic heterocycles. The van der Waals surface area contributed by atoms with Crippen molar-refractivity contribution in [3.05, 3.63) is 88.4 Å². The molecule has 3 N–H and O–H groups in total. The molecular formula is C20H15Cl2N3O2. The van der Waals surface area contributed by atoms with Crippen LogP contribution in [-0.4, -0.2) is 11.9 Å². The van der Waals surface area contributed by atoms with Gasteiger partial charge in [-0.3, -0.25) is 4.79 Å². The average molecular weight is 400 g/mol. The van der Waals surface area contributed by atoms with Crippen LogP contribution in [0.15, 0.2) is 72.8 Å². The number of hydrogen-bond acceptors (Lipinski definition) is 2. The minimum Gasteiger partial charge on any atom is -0.320 e. The lowest BCUT2D eigenvalue weighted by molar-refractivity contribution is 0.102. The maximum atomic E-state index is 12.5. The molecule has 136 valence electrons. The summed E-state index contributed by atoms with van der Waals surface area (Å²) in [5.74, 6) is -0.374. The summed E-state index contributed by atoms with van der Waals surface area (Å²) in [7, 11) is 0. The number of rotatable bonds is 4. The van der Waals surface area contributed by atoms with Crippen LogP contribution in [0.3, 0.4) is 0 Å². The van der Waals surface area contributed by atoms with Crippen molar-refractivity contribution in [2.45, 2.75) is 0 Å². The van der Waals surface area contributed by atoms with Crippen molar-refractivity contribution in [2.24, 2.45) is 0 Å². The first-order chi connectivity index (χ1) is 13.0. The predicted octanol–water partition coefficient (Wildman–Crippen LogP) is 5.89. The molecule has 7 heteroatoms. The Morgan fingerprint density at radius 3 is 1.70 bits per heavy atom. The molecule has 0 fully saturated rings. The van der Waals surface area contributed by atoms with Gasteiger partial charge in [-0.25, -0.2) is 4.79 Å². The molecule has 0 saturated carbocycles. The summed E-state index contributed by atoms with van der Waals surface area (Å²) < 4.78 is 0. The monoisotopic (exact) mass is 399 g/mol. The van der Waals surface area contributed by atoms with E-state index in [9.17, 15) is 9.59 Å². The molecule has 3 amide bonds. The molecule has 0 saturated heterocycles. The molecule has 0 aliphatic rings. The highest BCUT2D eigenvalue weighted by Gasteiger charge is 2.13. The Kier molecular flexibility index (Phi) is 5.96. The zero-order chi connectivity index (χ0) is 19.2. The highest BCUT2D eigenvalue weighted by molar-refractivity contribution is 6.34. The van der Waals surface area contributed by atoms with Crippen LogP contribution in [0.25, 0.3) is 0 Å². The van der Waals surface area contributed by atoms with Gasteiger partial charge >= 0.3 is 6.03 Å². The molecule has 0 aliphatic carbocycles. The van der Waals surface area contributed by atoms with Crippen LogP contribution in [0.5, 0.6) is 0 Å². The Balaban J connectivity index is 1.74. The fraction of sp³-hybridized carbons (Fsp3) is 0. The van der Waals surface area contributed by atoms with Crippen molar-refractivity contribution in [2.75, 3.05) is 16.0 Å². The number of benzene rings is 3. The van der Waals surface area contributed by atoms with Crippen molar-refractivity contribution in [3.63, 3.8) is 0 Å². The number of urea groups is 1. The third-order valence-corrected chi connectivity index (χ3v) is 4.32. The SMILES string of the molecule is O=C(Nc1ccccc1Cl)Nc1ccccc1NC(=O)c1ccccc1Cl. The number of carbonyl (C=O) groups excluding carboxylic acids is 2. The smallest absolute Gasteiger partial charge is 0.320 e. The first-order valence-electron chi connectivity index (χ1n) is 8.02. The van der Waals surface area contributed by atoms with Crippen molar-refractivity contribution in [1.82, 2.24) is 0 Å². The van der Waals surface area contributed by atoms with Gasteiger partial charge in [0, 0.05) is 0 Å². The molecule has 5 nitrogen and oxygen atoms in total. The Morgan fingerprint density at radius 1 is 0.593 bits per heavy atom. The summed E-state index contributed by atoms with van der Waals surface area (Å²) >= 11 is 12.1. The number of nitrogens with one attached hydrogen (secondary N) is 3. The molecule has 3 rings (SSSR count). The predicted molar refractivity (Wildman–Crippen MR) is 110 cm³/mol. The summed E-state index contributed by atoms with van der Waals surface area (Å²) in [6.45, 7) is 0. The summed E-state index contributed by atoms with van der Waals surface area (Å²) in [6, 6.07) is 20.0.